The summed E-state index contributed by atoms with van der Waals surface area (Å²) in [5.74, 6) is -1.09. The maximum absolute atomic E-state index is 12.5. The number of aromatic hydroxyl groups is 2. The Morgan fingerprint density at radius 2 is 1.92 bits per heavy atom. The normalized spacial score (nSPS) is 15.7. The molecule has 25 heavy (non-hydrogen) atoms. The molecule has 8 heteroatoms. The summed E-state index contributed by atoms with van der Waals surface area (Å²) in [4.78, 5) is 25.0. The number of phenols is 2. The van der Waals surface area contributed by atoms with Crippen LogP contribution in [-0.4, -0.2) is 31.4 Å². The molecular weight excluding hydrogens is 360 g/mol. The molecule has 0 saturated carbocycles. The molecule has 1 aliphatic rings. The van der Waals surface area contributed by atoms with Crippen LogP contribution in [0.1, 0.15) is 15.9 Å². The number of nitrogens with one attached hydrogen (secondary N) is 1. The number of hydrazine groups is 1. The molecule has 2 aromatic rings. The van der Waals surface area contributed by atoms with Gasteiger partial charge in [-0.1, -0.05) is 36.0 Å². The lowest BCUT2D eigenvalue weighted by Crippen LogP contribution is -2.44. The van der Waals surface area contributed by atoms with Crippen LogP contribution in [0.5, 0.6) is 11.5 Å². The highest BCUT2D eigenvalue weighted by Crippen LogP contribution is 2.33. The highest BCUT2D eigenvalue weighted by Gasteiger charge is 2.34. The number of carbonyl (C=O) groups is 2. The SMILES string of the molecule is O=C(NN1C(=O)/C(=C/c2ccccc2O)SC1=S)c1cccc(O)c1. The first kappa shape index (κ1) is 17.0. The number of amides is 2. The number of rotatable bonds is 3. The van der Waals surface area contributed by atoms with Gasteiger partial charge in [-0.25, -0.2) is 0 Å². The Morgan fingerprint density at radius 1 is 1.16 bits per heavy atom. The van der Waals surface area contributed by atoms with Gasteiger partial charge in [0.25, 0.3) is 11.8 Å². The van der Waals surface area contributed by atoms with E-state index in [0.29, 0.717) is 5.56 Å². The number of carbonyl (C=O) groups excluding carboxylic acids is 2. The van der Waals surface area contributed by atoms with Crippen molar-refractivity contribution in [2.75, 3.05) is 0 Å². The number of thioether (sulfide) groups is 1. The minimum Gasteiger partial charge on any atom is -0.508 e. The second-order valence-corrected chi connectivity index (χ2v) is 6.74. The third kappa shape index (κ3) is 3.65. The fourth-order valence-corrected chi connectivity index (χ4v) is 3.30. The van der Waals surface area contributed by atoms with Gasteiger partial charge < -0.3 is 10.2 Å². The molecule has 0 unspecified atom stereocenters. The monoisotopic (exact) mass is 372 g/mol. The van der Waals surface area contributed by atoms with E-state index in [-0.39, 0.29) is 26.3 Å². The van der Waals surface area contributed by atoms with Crippen LogP contribution < -0.4 is 5.43 Å². The van der Waals surface area contributed by atoms with E-state index < -0.39 is 11.8 Å². The average Bonchev–Trinajstić information content (AvgIpc) is 2.84. The van der Waals surface area contributed by atoms with Crippen LogP contribution in [0.2, 0.25) is 0 Å². The van der Waals surface area contributed by atoms with Gasteiger partial charge >= 0.3 is 0 Å². The molecule has 1 aliphatic heterocycles. The molecule has 3 rings (SSSR count). The summed E-state index contributed by atoms with van der Waals surface area (Å²) < 4.78 is 0.167. The number of hydrogen-bond donors (Lipinski definition) is 3. The topological polar surface area (TPSA) is 89.9 Å². The van der Waals surface area contributed by atoms with Gasteiger partial charge in [0, 0.05) is 11.1 Å². The number of nitrogens with zero attached hydrogens (tertiary/aromatic N) is 1. The highest BCUT2D eigenvalue weighted by molar-refractivity contribution is 8.26. The van der Waals surface area contributed by atoms with E-state index in [9.17, 15) is 19.8 Å². The average molecular weight is 372 g/mol. The van der Waals surface area contributed by atoms with Crippen LogP contribution in [0.3, 0.4) is 0 Å². The lowest BCUT2D eigenvalue weighted by atomic mass is 10.2. The summed E-state index contributed by atoms with van der Waals surface area (Å²) in [7, 11) is 0. The summed E-state index contributed by atoms with van der Waals surface area (Å²) in [6.45, 7) is 0. The Morgan fingerprint density at radius 3 is 2.64 bits per heavy atom. The van der Waals surface area contributed by atoms with Gasteiger partial charge in [-0.15, -0.1) is 0 Å². The van der Waals surface area contributed by atoms with Gasteiger partial charge in [0.2, 0.25) is 0 Å². The largest absolute Gasteiger partial charge is 0.508 e. The van der Waals surface area contributed by atoms with Crippen molar-refractivity contribution in [2.45, 2.75) is 0 Å². The fraction of sp³-hybridized carbons (Fsp3) is 0. The molecule has 1 heterocycles. The van der Waals surface area contributed by atoms with E-state index in [1.807, 2.05) is 0 Å². The third-order valence-electron chi connectivity index (χ3n) is 3.34. The van der Waals surface area contributed by atoms with Crippen molar-refractivity contribution in [3.63, 3.8) is 0 Å². The summed E-state index contributed by atoms with van der Waals surface area (Å²) in [5, 5.41) is 20.2. The predicted molar refractivity (Wildman–Crippen MR) is 98.7 cm³/mol. The number of hydrogen-bond acceptors (Lipinski definition) is 6. The minimum absolute atomic E-state index is 0.0385. The van der Waals surface area contributed by atoms with E-state index in [0.717, 1.165) is 16.8 Å². The van der Waals surface area contributed by atoms with Crippen molar-refractivity contribution in [1.82, 2.24) is 10.4 Å². The van der Waals surface area contributed by atoms with Crippen LogP contribution in [0.15, 0.2) is 53.4 Å². The summed E-state index contributed by atoms with van der Waals surface area (Å²) in [6, 6.07) is 12.3. The zero-order valence-electron chi connectivity index (χ0n) is 12.7. The van der Waals surface area contributed by atoms with Gasteiger partial charge in [-0.3, -0.25) is 15.0 Å². The quantitative estimate of drug-likeness (QED) is 0.567. The zero-order valence-corrected chi connectivity index (χ0v) is 14.3. The summed E-state index contributed by atoms with van der Waals surface area (Å²) in [5.41, 5.74) is 3.09. The van der Waals surface area contributed by atoms with Crippen LogP contribution in [0, 0.1) is 0 Å². The first-order valence-electron chi connectivity index (χ1n) is 7.11. The van der Waals surface area contributed by atoms with E-state index in [1.165, 1.54) is 36.4 Å². The van der Waals surface area contributed by atoms with Gasteiger partial charge in [0.15, 0.2) is 4.32 Å². The van der Waals surface area contributed by atoms with Crippen molar-refractivity contribution in [2.24, 2.45) is 0 Å². The lowest BCUT2D eigenvalue weighted by Gasteiger charge is -2.15. The summed E-state index contributed by atoms with van der Waals surface area (Å²) >= 11 is 6.16. The first-order chi connectivity index (χ1) is 12.0. The number of benzene rings is 2. The molecule has 0 radical (unpaired) electrons. The van der Waals surface area contributed by atoms with E-state index >= 15 is 0 Å². The highest BCUT2D eigenvalue weighted by atomic mass is 32.2. The van der Waals surface area contributed by atoms with Crippen molar-refractivity contribution >= 4 is 46.2 Å². The number of para-hydroxylation sites is 1. The van der Waals surface area contributed by atoms with Gasteiger partial charge in [-0.2, -0.15) is 5.01 Å². The minimum atomic E-state index is -0.573. The molecule has 3 N–H and O–H groups in total. The van der Waals surface area contributed by atoms with E-state index in [2.05, 4.69) is 5.43 Å². The Labute approximate surface area is 152 Å². The maximum atomic E-state index is 12.5. The zero-order chi connectivity index (χ0) is 18.0. The molecule has 0 bridgehead atoms. The maximum Gasteiger partial charge on any atom is 0.285 e. The van der Waals surface area contributed by atoms with Crippen molar-refractivity contribution in [1.29, 1.82) is 0 Å². The Hall–Kier alpha value is -2.84. The van der Waals surface area contributed by atoms with Crippen molar-refractivity contribution < 1.29 is 19.8 Å². The van der Waals surface area contributed by atoms with Crippen molar-refractivity contribution in [3.8, 4) is 11.5 Å². The predicted octanol–water partition coefficient (Wildman–Crippen LogP) is 2.64. The van der Waals surface area contributed by atoms with Gasteiger partial charge in [-0.05, 0) is 42.6 Å². The van der Waals surface area contributed by atoms with E-state index in [1.54, 1.807) is 18.2 Å². The molecule has 1 fully saturated rings. The molecule has 2 amide bonds. The summed E-state index contributed by atoms with van der Waals surface area (Å²) in [6.07, 6.45) is 1.51. The molecule has 1 saturated heterocycles. The van der Waals surface area contributed by atoms with Crippen LogP contribution >= 0.6 is 24.0 Å². The molecule has 6 nitrogen and oxygen atoms in total. The smallest absolute Gasteiger partial charge is 0.285 e. The molecule has 0 aromatic heterocycles. The van der Waals surface area contributed by atoms with Crippen LogP contribution in [-0.2, 0) is 4.79 Å². The number of phenolic OH excluding ortho intramolecular Hbond substituents is 2. The Balaban J connectivity index is 1.80. The van der Waals surface area contributed by atoms with Gasteiger partial charge in [0.05, 0.1) is 4.91 Å². The molecule has 126 valence electrons. The second-order valence-electron chi connectivity index (χ2n) is 5.07. The number of thiocarbonyl (C=S) groups is 1. The van der Waals surface area contributed by atoms with Crippen LogP contribution in [0.25, 0.3) is 6.08 Å². The molecule has 0 aliphatic carbocycles. The Kier molecular flexibility index (Phi) is 4.73. The standard InChI is InChI=1S/C17H12N2O4S2/c20-12-6-3-5-11(8-12)15(22)18-19-16(23)14(25-17(19)24)9-10-4-1-2-7-13(10)21/h1-9,20-21H,(H,18,22)/b14-9-. The van der Waals surface area contributed by atoms with E-state index in [4.69, 9.17) is 12.2 Å². The molecule has 0 spiro atoms. The Bertz CT molecular complexity index is 911. The molecule has 2 aromatic carbocycles. The molecular formula is C17H12N2O4S2. The first-order valence-corrected chi connectivity index (χ1v) is 8.34. The lowest BCUT2D eigenvalue weighted by molar-refractivity contribution is -0.123. The second kappa shape index (κ2) is 6.96. The van der Waals surface area contributed by atoms with Gasteiger partial charge in [0.1, 0.15) is 11.5 Å². The van der Waals surface area contributed by atoms with Crippen molar-refractivity contribution in [3.05, 3.63) is 64.6 Å². The van der Waals surface area contributed by atoms with Crippen LogP contribution in [0.4, 0.5) is 0 Å². The fourth-order valence-electron chi connectivity index (χ4n) is 2.13. The third-order valence-corrected chi connectivity index (χ3v) is 4.64. The molecule has 0 atom stereocenters.